The third-order valence-corrected chi connectivity index (χ3v) is 5.16. The van der Waals surface area contributed by atoms with E-state index in [-0.39, 0.29) is 29.3 Å². The van der Waals surface area contributed by atoms with Gasteiger partial charge >= 0.3 is 0 Å². The van der Waals surface area contributed by atoms with Crippen LogP contribution < -0.4 is 16.2 Å². The summed E-state index contributed by atoms with van der Waals surface area (Å²) >= 11 is 1.45. The van der Waals surface area contributed by atoms with Crippen LogP contribution in [0, 0.1) is 5.92 Å². The maximum Gasteiger partial charge on any atom is 0.234 e. The molecule has 126 valence electrons. The maximum atomic E-state index is 12.5. The van der Waals surface area contributed by atoms with Gasteiger partial charge in [-0.3, -0.25) is 9.78 Å². The molecule has 1 saturated heterocycles. The van der Waals surface area contributed by atoms with Gasteiger partial charge in [0.1, 0.15) is 0 Å². The van der Waals surface area contributed by atoms with Gasteiger partial charge in [0.2, 0.25) is 5.91 Å². The van der Waals surface area contributed by atoms with Gasteiger partial charge in [0, 0.05) is 24.5 Å². The topological polar surface area (TPSA) is 78.9 Å². The van der Waals surface area contributed by atoms with Crippen molar-refractivity contribution in [3.05, 3.63) is 54.5 Å². The average molecular weight is 343 g/mol. The molecule has 1 aliphatic rings. The highest BCUT2D eigenvalue weighted by molar-refractivity contribution is 8.00. The summed E-state index contributed by atoms with van der Waals surface area (Å²) in [6, 6.07) is 9.80. The number of nitrogens with zero attached hydrogens (tertiary/aromatic N) is 2. The minimum absolute atomic E-state index is 0.00724. The summed E-state index contributed by atoms with van der Waals surface area (Å²) in [5.41, 5.74) is 7.58. The first-order valence-corrected chi connectivity index (χ1v) is 8.82. The molecule has 1 amide bonds. The molecule has 3 heterocycles. The number of hydrazine groups is 1. The van der Waals surface area contributed by atoms with Crippen LogP contribution in [-0.2, 0) is 4.79 Å². The number of aromatic nitrogens is 2. The molecule has 6 nitrogen and oxygen atoms in total. The number of carbonyl (C=O) groups excluding carboxylic acids is 1. The second-order valence-corrected chi connectivity index (χ2v) is 7.18. The summed E-state index contributed by atoms with van der Waals surface area (Å²) in [7, 11) is 0. The van der Waals surface area contributed by atoms with E-state index in [0.29, 0.717) is 0 Å². The van der Waals surface area contributed by atoms with Crippen molar-refractivity contribution in [2.24, 2.45) is 5.92 Å². The van der Waals surface area contributed by atoms with Crippen molar-refractivity contribution in [2.45, 2.75) is 36.3 Å². The summed E-state index contributed by atoms with van der Waals surface area (Å²) in [4.78, 5) is 20.7. The van der Waals surface area contributed by atoms with Gasteiger partial charge in [-0.25, -0.2) is 15.8 Å². The highest BCUT2D eigenvalue weighted by atomic mass is 32.2. The molecule has 7 heteroatoms. The van der Waals surface area contributed by atoms with E-state index < -0.39 is 0 Å². The van der Waals surface area contributed by atoms with Crippen molar-refractivity contribution in [1.82, 2.24) is 26.1 Å². The van der Waals surface area contributed by atoms with Gasteiger partial charge in [-0.2, -0.15) is 0 Å². The Labute approximate surface area is 145 Å². The maximum absolute atomic E-state index is 12.5. The van der Waals surface area contributed by atoms with E-state index in [1.165, 1.54) is 11.8 Å². The van der Waals surface area contributed by atoms with Gasteiger partial charge in [-0.15, -0.1) is 0 Å². The largest absolute Gasteiger partial charge is 0.338 e. The van der Waals surface area contributed by atoms with Crippen molar-refractivity contribution in [1.29, 1.82) is 0 Å². The van der Waals surface area contributed by atoms with E-state index in [1.807, 2.05) is 37.3 Å². The van der Waals surface area contributed by atoms with Gasteiger partial charge in [0.25, 0.3) is 0 Å². The Morgan fingerprint density at radius 1 is 1.21 bits per heavy atom. The zero-order valence-corrected chi connectivity index (χ0v) is 14.5. The molecule has 0 aliphatic carbocycles. The van der Waals surface area contributed by atoms with Crippen LogP contribution in [0.15, 0.2) is 53.9 Å². The molecule has 0 bridgehead atoms. The molecule has 2 aromatic heterocycles. The Kier molecular flexibility index (Phi) is 5.44. The number of hydrogen-bond acceptors (Lipinski definition) is 6. The minimum atomic E-state index is -0.214. The summed E-state index contributed by atoms with van der Waals surface area (Å²) in [5, 5.41) is 3.71. The van der Waals surface area contributed by atoms with E-state index in [0.717, 1.165) is 10.6 Å². The van der Waals surface area contributed by atoms with Crippen molar-refractivity contribution in [3.8, 4) is 0 Å². The normalized spacial score (nSPS) is 24.5. The third kappa shape index (κ3) is 3.92. The Hall–Kier alpha value is -1.96. The molecular weight excluding hydrogens is 322 g/mol. The highest BCUT2D eigenvalue weighted by Crippen LogP contribution is 2.27. The molecule has 24 heavy (non-hydrogen) atoms. The van der Waals surface area contributed by atoms with Crippen LogP contribution in [0.25, 0.3) is 0 Å². The molecule has 3 N–H and O–H groups in total. The third-order valence-electron chi connectivity index (χ3n) is 4.11. The molecule has 1 aliphatic heterocycles. The van der Waals surface area contributed by atoms with E-state index in [1.54, 1.807) is 18.6 Å². The SMILES string of the molecule is CC(Sc1ccccn1)C(=O)NC1NNC(c2ccncc2)C1C. The fourth-order valence-electron chi connectivity index (χ4n) is 2.68. The molecule has 0 saturated carbocycles. The summed E-state index contributed by atoms with van der Waals surface area (Å²) in [6.07, 6.45) is 5.17. The average Bonchev–Trinajstić information content (AvgIpc) is 2.97. The number of thioether (sulfide) groups is 1. The fourth-order valence-corrected chi connectivity index (χ4v) is 3.50. The Bertz CT molecular complexity index is 669. The molecule has 4 unspecified atom stereocenters. The lowest BCUT2D eigenvalue weighted by molar-refractivity contribution is -0.121. The van der Waals surface area contributed by atoms with Crippen LogP contribution in [0.1, 0.15) is 25.5 Å². The van der Waals surface area contributed by atoms with E-state index in [4.69, 9.17) is 0 Å². The molecule has 0 radical (unpaired) electrons. The zero-order valence-electron chi connectivity index (χ0n) is 13.6. The standard InChI is InChI=1S/C17H21N5OS/c1-11-15(13-6-9-18-10-7-13)21-22-16(11)20-17(23)12(2)24-14-5-3-4-8-19-14/h3-12,15-16,21-22H,1-2H3,(H,20,23). The minimum Gasteiger partial charge on any atom is -0.338 e. The van der Waals surface area contributed by atoms with Crippen LogP contribution >= 0.6 is 11.8 Å². The van der Waals surface area contributed by atoms with Crippen molar-refractivity contribution in [2.75, 3.05) is 0 Å². The first-order valence-electron chi connectivity index (χ1n) is 7.94. The molecular formula is C17H21N5OS. The lowest BCUT2D eigenvalue weighted by Crippen LogP contribution is -2.48. The molecule has 0 spiro atoms. The van der Waals surface area contributed by atoms with E-state index in [2.05, 4.69) is 33.1 Å². The van der Waals surface area contributed by atoms with E-state index in [9.17, 15) is 4.79 Å². The zero-order chi connectivity index (χ0) is 16.9. The number of hydrogen-bond donors (Lipinski definition) is 3. The quantitative estimate of drug-likeness (QED) is 0.720. The molecule has 0 aromatic carbocycles. The van der Waals surface area contributed by atoms with Crippen LogP contribution in [-0.4, -0.2) is 27.3 Å². The van der Waals surface area contributed by atoms with Crippen LogP contribution in [0.3, 0.4) is 0 Å². The Morgan fingerprint density at radius 2 is 2.00 bits per heavy atom. The summed E-state index contributed by atoms with van der Waals surface area (Å²) in [6.45, 7) is 4.00. The van der Waals surface area contributed by atoms with Crippen molar-refractivity contribution >= 4 is 17.7 Å². The Morgan fingerprint density at radius 3 is 2.71 bits per heavy atom. The van der Waals surface area contributed by atoms with Gasteiger partial charge in [0.05, 0.1) is 22.5 Å². The number of rotatable bonds is 5. The second kappa shape index (κ2) is 7.74. The lowest BCUT2D eigenvalue weighted by Gasteiger charge is -2.21. The number of nitrogens with one attached hydrogen (secondary N) is 3. The summed E-state index contributed by atoms with van der Waals surface area (Å²) in [5.74, 6) is 0.204. The van der Waals surface area contributed by atoms with Crippen molar-refractivity contribution in [3.63, 3.8) is 0 Å². The first-order chi connectivity index (χ1) is 11.6. The molecule has 3 rings (SSSR count). The summed E-state index contributed by atoms with van der Waals surface area (Å²) < 4.78 is 0. The van der Waals surface area contributed by atoms with E-state index >= 15 is 0 Å². The molecule has 1 fully saturated rings. The number of pyridine rings is 2. The number of amides is 1. The Balaban J connectivity index is 1.57. The molecule has 4 atom stereocenters. The second-order valence-electron chi connectivity index (χ2n) is 5.82. The smallest absolute Gasteiger partial charge is 0.234 e. The van der Waals surface area contributed by atoms with Crippen LogP contribution in [0.2, 0.25) is 0 Å². The molecule has 2 aromatic rings. The fraction of sp³-hybridized carbons (Fsp3) is 0.353. The monoisotopic (exact) mass is 343 g/mol. The highest BCUT2D eigenvalue weighted by Gasteiger charge is 2.34. The van der Waals surface area contributed by atoms with Crippen LogP contribution in [0.5, 0.6) is 0 Å². The predicted molar refractivity (Wildman–Crippen MR) is 93.9 cm³/mol. The van der Waals surface area contributed by atoms with Crippen LogP contribution in [0.4, 0.5) is 0 Å². The van der Waals surface area contributed by atoms with Gasteiger partial charge in [-0.05, 0) is 36.8 Å². The number of carbonyl (C=O) groups is 1. The predicted octanol–water partition coefficient (Wildman–Crippen LogP) is 1.88. The first kappa shape index (κ1) is 16.9. The lowest BCUT2D eigenvalue weighted by atomic mass is 9.95. The van der Waals surface area contributed by atoms with Gasteiger partial charge in [0.15, 0.2) is 0 Å². The van der Waals surface area contributed by atoms with Gasteiger partial charge < -0.3 is 5.32 Å². The van der Waals surface area contributed by atoms with Gasteiger partial charge in [-0.1, -0.05) is 24.8 Å². The van der Waals surface area contributed by atoms with Crippen molar-refractivity contribution < 1.29 is 4.79 Å².